The predicted molar refractivity (Wildman–Crippen MR) is 128 cm³/mol. The highest BCUT2D eigenvalue weighted by Crippen LogP contribution is 2.22. The van der Waals surface area contributed by atoms with Crippen LogP contribution in [0.3, 0.4) is 0 Å². The van der Waals surface area contributed by atoms with Crippen molar-refractivity contribution in [3.8, 4) is 5.75 Å². The quantitative estimate of drug-likeness (QED) is 0.175. The molecule has 0 heterocycles. The Morgan fingerprint density at radius 1 is 0.879 bits per heavy atom. The average molecular weight is 484 g/mol. The number of amides is 2. The molecule has 0 saturated heterocycles. The van der Waals surface area contributed by atoms with Gasteiger partial charge in [-0.3, -0.25) is 9.59 Å². The van der Waals surface area contributed by atoms with Crippen molar-refractivity contribution in [2.75, 3.05) is 5.32 Å². The highest BCUT2D eigenvalue weighted by atomic mass is 35.5. The third kappa shape index (κ3) is 6.65. The van der Waals surface area contributed by atoms with Crippen molar-refractivity contribution >= 4 is 52.4 Å². The zero-order valence-electron chi connectivity index (χ0n) is 17.7. The van der Waals surface area contributed by atoms with E-state index in [1.54, 1.807) is 43.3 Å². The van der Waals surface area contributed by atoms with Gasteiger partial charge in [0.15, 0.2) is 0 Å². The Morgan fingerprint density at radius 3 is 2.15 bits per heavy atom. The molecular formula is C24H19Cl2N3O4. The van der Waals surface area contributed by atoms with Gasteiger partial charge in [-0.05, 0) is 73.5 Å². The number of hydrogen-bond acceptors (Lipinski definition) is 5. The summed E-state index contributed by atoms with van der Waals surface area (Å²) in [5, 5.41) is 6.97. The van der Waals surface area contributed by atoms with Gasteiger partial charge in [0, 0.05) is 15.7 Å². The molecular weight excluding hydrogens is 465 g/mol. The first-order valence-corrected chi connectivity index (χ1v) is 10.5. The maximum absolute atomic E-state index is 12.3. The van der Waals surface area contributed by atoms with Gasteiger partial charge in [-0.15, -0.1) is 0 Å². The fraction of sp³-hybridized carbons (Fsp3) is 0.0833. The Labute approximate surface area is 200 Å². The third-order valence-corrected chi connectivity index (χ3v) is 4.94. The standard InChI is InChI=1S/C24H19Cl2N3O4/c1-14-5-3-4-6-21(14)24(32)33-20-9-7-16(8-10-20)15(2)28-29-23(31)22(30)27-19-12-17(25)11-18(26)13-19/h3-13H,1-2H3,(H,27,30)(H,29,31)/b28-15+. The van der Waals surface area contributed by atoms with E-state index in [1.165, 1.54) is 18.2 Å². The van der Waals surface area contributed by atoms with Crippen LogP contribution in [0.4, 0.5) is 5.69 Å². The number of hydrogen-bond donors (Lipinski definition) is 2. The van der Waals surface area contributed by atoms with E-state index >= 15 is 0 Å². The normalized spacial score (nSPS) is 11.0. The first kappa shape index (κ1) is 24.0. The number of nitrogens with one attached hydrogen (secondary N) is 2. The van der Waals surface area contributed by atoms with Gasteiger partial charge in [-0.2, -0.15) is 5.10 Å². The molecule has 33 heavy (non-hydrogen) atoms. The van der Waals surface area contributed by atoms with Gasteiger partial charge in [0.05, 0.1) is 11.3 Å². The first-order valence-electron chi connectivity index (χ1n) is 9.73. The Kier molecular flexibility index (Phi) is 7.82. The summed E-state index contributed by atoms with van der Waals surface area (Å²) in [6, 6.07) is 18.1. The molecule has 2 amide bonds. The van der Waals surface area contributed by atoms with Gasteiger partial charge < -0.3 is 10.1 Å². The fourth-order valence-corrected chi connectivity index (χ4v) is 3.32. The molecule has 0 atom stereocenters. The van der Waals surface area contributed by atoms with E-state index in [2.05, 4.69) is 15.8 Å². The average Bonchev–Trinajstić information content (AvgIpc) is 2.77. The van der Waals surface area contributed by atoms with Crippen LogP contribution >= 0.6 is 23.2 Å². The lowest BCUT2D eigenvalue weighted by Gasteiger charge is -2.08. The van der Waals surface area contributed by atoms with Gasteiger partial charge in [-0.1, -0.05) is 41.4 Å². The predicted octanol–water partition coefficient (Wildman–Crippen LogP) is 5.00. The summed E-state index contributed by atoms with van der Waals surface area (Å²) in [5.41, 5.74) is 4.88. The summed E-state index contributed by atoms with van der Waals surface area (Å²) in [5.74, 6) is -1.98. The van der Waals surface area contributed by atoms with Gasteiger partial charge in [0.2, 0.25) is 0 Å². The number of carbonyl (C=O) groups is 3. The van der Waals surface area contributed by atoms with E-state index in [-0.39, 0.29) is 5.69 Å². The van der Waals surface area contributed by atoms with Crippen LogP contribution in [0.1, 0.15) is 28.4 Å². The summed E-state index contributed by atoms with van der Waals surface area (Å²) < 4.78 is 5.40. The van der Waals surface area contributed by atoms with Crippen LogP contribution in [-0.4, -0.2) is 23.5 Å². The van der Waals surface area contributed by atoms with Crippen LogP contribution in [0, 0.1) is 6.92 Å². The number of nitrogens with zero attached hydrogens (tertiary/aromatic N) is 1. The van der Waals surface area contributed by atoms with E-state index in [0.29, 0.717) is 32.6 Å². The molecule has 0 spiro atoms. The zero-order valence-corrected chi connectivity index (χ0v) is 19.2. The molecule has 0 bridgehead atoms. The van der Waals surface area contributed by atoms with E-state index in [4.69, 9.17) is 27.9 Å². The summed E-state index contributed by atoms with van der Waals surface area (Å²) in [6.07, 6.45) is 0. The zero-order chi connectivity index (χ0) is 24.0. The fourth-order valence-electron chi connectivity index (χ4n) is 2.79. The molecule has 0 unspecified atom stereocenters. The molecule has 0 saturated carbocycles. The second-order valence-corrected chi connectivity index (χ2v) is 7.85. The van der Waals surface area contributed by atoms with E-state index in [1.807, 2.05) is 19.1 Å². The van der Waals surface area contributed by atoms with Crippen molar-refractivity contribution in [1.82, 2.24) is 5.43 Å². The molecule has 0 aromatic heterocycles. The summed E-state index contributed by atoms with van der Waals surface area (Å²) in [7, 11) is 0. The monoisotopic (exact) mass is 483 g/mol. The number of ether oxygens (including phenoxy) is 1. The second kappa shape index (κ2) is 10.8. The van der Waals surface area contributed by atoms with Crippen LogP contribution in [0.5, 0.6) is 5.75 Å². The lowest BCUT2D eigenvalue weighted by Crippen LogP contribution is -2.32. The number of esters is 1. The van der Waals surface area contributed by atoms with Gasteiger partial charge >= 0.3 is 17.8 Å². The third-order valence-electron chi connectivity index (χ3n) is 4.50. The Balaban J connectivity index is 1.58. The van der Waals surface area contributed by atoms with E-state index < -0.39 is 17.8 Å². The molecule has 7 nitrogen and oxygen atoms in total. The summed E-state index contributed by atoms with van der Waals surface area (Å²) in [4.78, 5) is 36.4. The minimum atomic E-state index is -0.964. The van der Waals surface area contributed by atoms with E-state index in [0.717, 1.165) is 5.56 Å². The Hall–Kier alpha value is -3.68. The summed E-state index contributed by atoms with van der Waals surface area (Å²) >= 11 is 11.7. The number of hydrazone groups is 1. The van der Waals surface area contributed by atoms with Crippen LogP contribution in [-0.2, 0) is 9.59 Å². The maximum atomic E-state index is 12.3. The largest absolute Gasteiger partial charge is 0.423 e. The van der Waals surface area contributed by atoms with E-state index in [9.17, 15) is 14.4 Å². The molecule has 3 rings (SSSR count). The van der Waals surface area contributed by atoms with Crippen molar-refractivity contribution in [1.29, 1.82) is 0 Å². The van der Waals surface area contributed by atoms with Crippen molar-refractivity contribution in [2.45, 2.75) is 13.8 Å². The minimum absolute atomic E-state index is 0.282. The lowest BCUT2D eigenvalue weighted by molar-refractivity contribution is -0.136. The molecule has 168 valence electrons. The Bertz CT molecular complexity index is 1220. The maximum Gasteiger partial charge on any atom is 0.343 e. The Morgan fingerprint density at radius 2 is 1.52 bits per heavy atom. The summed E-state index contributed by atoms with van der Waals surface area (Å²) in [6.45, 7) is 3.49. The number of benzene rings is 3. The second-order valence-electron chi connectivity index (χ2n) is 6.98. The first-order chi connectivity index (χ1) is 15.7. The van der Waals surface area contributed by atoms with Crippen molar-refractivity contribution in [3.63, 3.8) is 0 Å². The van der Waals surface area contributed by atoms with Crippen LogP contribution in [0.15, 0.2) is 71.8 Å². The number of rotatable bonds is 5. The molecule has 3 aromatic carbocycles. The highest BCUT2D eigenvalue weighted by Gasteiger charge is 2.14. The van der Waals surface area contributed by atoms with Crippen molar-refractivity contribution < 1.29 is 19.1 Å². The van der Waals surface area contributed by atoms with Crippen LogP contribution in [0.25, 0.3) is 0 Å². The molecule has 0 aliphatic rings. The highest BCUT2D eigenvalue weighted by molar-refractivity contribution is 6.40. The molecule has 2 N–H and O–H groups in total. The number of halogens is 2. The number of anilines is 1. The number of aryl methyl sites for hydroxylation is 1. The molecule has 3 aromatic rings. The molecule has 0 fully saturated rings. The minimum Gasteiger partial charge on any atom is -0.423 e. The molecule has 0 aliphatic heterocycles. The smallest absolute Gasteiger partial charge is 0.343 e. The SMILES string of the molecule is C/C(=N\NC(=O)C(=O)Nc1cc(Cl)cc(Cl)c1)c1ccc(OC(=O)c2ccccc2C)cc1. The topological polar surface area (TPSA) is 96.9 Å². The molecule has 0 aliphatic carbocycles. The lowest BCUT2D eigenvalue weighted by atomic mass is 10.1. The van der Waals surface area contributed by atoms with Crippen LogP contribution in [0.2, 0.25) is 10.0 Å². The van der Waals surface area contributed by atoms with Gasteiger partial charge in [-0.25, -0.2) is 10.2 Å². The number of carbonyl (C=O) groups excluding carboxylic acids is 3. The van der Waals surface area contributed by atoms with Crippen molar-refractivity contribution in [2.24, 2.45) is 5.10 Å². The van der Waals surface area contributed by atoms with Gasteiger partial charge in [0.25, 0.3) is 0 Å². The molecule has 0 radical (unpaired) electrons. The van der Waals surface area contributed by atoms with Gasteiger partial charge in [0.1, 0.15) is 5.75 Å². The van der Waals surface area contributed by atoms with Crippen LogP contribution < -0.4 is 15.5 Å². The van der Waals surface area contributed by atoms with Crippen molar-refractivity contribution in [3.05, 3.63) is 93.5 Å². The molecule has 9 heteroatoms.